The van der Waals surface area contributed by atoms with Crippen LogP contribution in [0.1, 0.15) is 5.69 Å². The molecule has 0 fully saturated rings. The van der Waals surface area contributed by atoms with E-state index in [1.165, 1.54) is 5.32 Å². The van der Waals surface area contributed by atoms with Gasteiger partial charge in [0.25, 0.3) is 0 Å². The monoisotopic (exact) mass is 151 g/mol. The predicted molar refractivity (Wildman–Crippen MR) is 47.5 cm³/mol. The minimum Gasteiger partial charge on any atom is -0.263 e. The summed E-state index contributed by atoms with van der Waals surface area (Å²) < 4.78 is 0. The van der Waals surface area contributed by atoms with E-state index in [-0.39, 0.29) is 0 Å². The highest BCUT2D eigenvalue weighted by atomic mass is 28.3. The Morgan fingerprint density at radius 2 is 2.00 bits per heavy atom. The van der Waals surface area contributed by atoms with Crippen LogP contribution in [0.3, 0.4) is 0 Å². The van der Waals surface area contributed by atoms with E-state index in [4.69, 9.17) is 0 Å². The molecule has 54 valence electrons. The third-order valence-electron chi connectivity index (χ3n) is 1.50. The molecule has 0 saturated heterocycles. The van der Waals surface area contributed by atoms with Crippen LogP contribution >= 0.6 is 0 Å². The normalized spacial score (nSPS) is 10.4. The fourth-order valence-corrected chi connectivity index (χ4v) is 1.84. The van der Waals surface area contributed by atoms with Gasteiger partial charge in [0.1, 0.15) is 0 Å². The van der Waals surface area contributed by atoms with Gasteiger partial charge in [0.15, 0.2) is 0 Å². The molecule has 0 N–H and O–H groups in total. The molecule has 0 aliphatic carbocycles. The topological polar surface area (TPSA) is 12.9 Å². The maximum atomic E-state index is 4.43. The fraction of sp³-hybridized carbons (Fsp3) is 0.375. The molecule has 1 aromatic rings. The Balaban J connectivity index is 2.96. The van der Waals surface area contributed by atoms with Crippen LogP contribution in [0.15, 0.2) is 18.2 Å². The summed E-state index contributed by atoms with van der Waals surface area (Å²) in [6.45, 7) is 6.63. The second-order valence-electron chi connectivity index (χ2n) is 2.86. The van der Waals surface area contributed by atoms with Crippen molar-refractivity contribution in [2.75, 3.05) is 0 Å². The van der Waals surface area contributed by atoms with Gasteiger partial charge in [-0.2, -0.15) is 0 Å². The van der Waals surface area contributed by atoms with Crippen molar-refractivity contribution in [2.45, 2.75) is 20.0 Å². The highest BCUT2D eigenvalue weighted by Gasteiger charge is 1.99. The predicted octanol–water partition coefficient (Wildman–Crippen LogP) is 1.08. The third kappa shape index (κ3) is 1.67. The highest BCUT2D eigenvalue weighted by Crippen LogP contribution is 1.89. The molecule has 1 rings (SSSR count). The lowest BCUT2D eigenvalue weighted by Crippen LogP contribution is -2.26. The number of aryl methyl sites for hydroxylation is 1. The Bertz CT molecular complexity index is 220. The summed E-state index contributed by atoms with van der Waals surface area (Å²) in [6.07, 6.45) is 0. The number of nitrogens with zero attached hydrogens (tertiary/aromatic N) is 1. The van der Waals surface area contributed by atoms with Gasteiger partial charge in [-0.1, -0.05) is 19.2 Å². The van der Waals surface area contributed by atoms with E-state index in [1.54, 1.807) is 0 Å². The van der Waals surface area contributed by atoms with Crippen LogP contribution < -0.4 is 5.32 Å². The van der Waals surface area contributed by atoms with Crippen molar-refractivity contribution in [3.05, 3.63) is 23.9 Å². The summed E-state index contributed by atoms with van der Waals surface area (Å²) in [6, 6.07) is 6.26. The quantitative estimate of drug-likeness (QED) is 0.547. The molecule has 10 heavy (non-hydrogen) atoms. The molecule has 0 radical (unpaired) electrons. The average molecular weight is 151 g/mol. The van der Waals surface area contributed by atoms with Crippen molar-refractivity contribution < 1.29 is 0 Å². The number of hydrogen-bond donors (Lipinski definition) is 0. The largest absolute Gasteiger partial charge is 0.263 e. The standard InChI is InChI=1S/C8H13NSi/c1-7-5-4-6-8(9-7)10(2)3/h4-6,10H,1-3H3. The fourth-order valence-electron chi connectivity index (χ4n) is 0.886. The van der Waals surface area contributed by atoms with Crippen LogP contribution in [0.2, 0.25) is 13.1 Å². The minimum absolute atomic E-state index is 0.668. The zero-order valence-corrected chi connectivity index (χ0v) is 7.91. The number of hydrogen-bond acceptors (Lipinski definition) is 1. The average Bonchev–Trinajstić information content (AvgIpc) is 1.88. The second kappa shape index (κ2) is 2.97. The van der Waals surface area contributed by atoms with Crippen LogP contribution in [0, 0.1) is 6.92 Å². The van der Waals surface area contributed by atoms with E-state index in [0.29, 0.717) is 0 Å². The summed E-state index contributed by atoms with van der Waals surface area (Å²) >= 11 is 0. The Kier molecular flexibility index (Phi) is 2.22. The van der Waals surface area contributed by atoms with Gasteiger partial charge in [0.2, 0.25) is 0 Å². The van der Waals surface area contributed by atoms with Crippen LogP contribution in [0.5, 0.6) is 0 Å². The Morgan fingerprint density at radius 3 is 2.40 bits per heavy atom. The Morgan fingerprint density at radius 1 is 1.30 bits per heavy atom. The minimum atomic E-state index is -0.668. The summed E-state index contributed by atoms with van der Waals surface area (Å²) in [5.41, 5.74) is 1.14. The van der Waals surface area contributed by atoms with Crippen molar-refractivity contribution in [3.63, 3.8) is 0 Å². The molecule has 1 aromatic heterocycles. The maximum Gasteiger partial charge on any atom is 0.0884 e. The molecule has 1 nitrogen and oxygen atoms in total. The molecule has 0 bridgehead atoms. The van der Waals surface area contributed by atoms with Gasteiger partial charge in [-0.05, 0) is 19.1 Å². The first-order chi connectivity index (χ1) is 4.70. The van der Waals surface area contributed by atoms with Crippen molar-refractivity contribution >= 4 is 14.1 Å². The lowest BCUT2D eigenvalue weighted by Gasteiger charge is -2.01. The van der Waals surface area contributed by atoms with Crippen LogP contribution in [-0.4, -0.2) is 13.8 Å². The van der Waals surface area contributed by atoms with Gasteiger partial charge < -0.3 is 0 Å². The van der Waals surface area contributed by atoms with Gasteiger partial charge in [-0.15, -0.1) is 0 Å². The van der Waals surface area contributed by atoms with Gasteiger partial charge >= 0.3 is 0 Å². The smallest absolute Gasteiger partial charge is 0.0884 e. The van der Waals surface area contributed by atoms with Gasteiger partial charge in [-0.3, -0.25) is 4.98 Å². The van der Waals surface area contributed by atoms with Crippen molar-refractivity contribution in [1.29, 1.82) is 0 Å². The lowest BCUT2D eigenvalue weighted by atomic mass is 10.4. The Hall–Kier alpha value is -0.633. The first-order valence-corrected chi connectivity index (χ1v) is 6.52. The van der Waals surface area contributed by atoms with Crippen molar-refractivity contribution in [2.24, 2.45) is 0 Å². The second-order valence-corrected chi connectivity index (χ2v) is 5.76. The molecule has 0 saturated carbocycles. The molecule has 0 aromatic carbocycles. The number of pyridine rings is 1. The first kappa shape index (κ1) is 7.47. The van der Waals surface area contributed by atoms with E-state index in [1.807, 2.05) is 13.0 Å². The Labute approximate surface area is 63.7 Å². The molecule has 0 atom stereocenters. The van der Waals surface area contributed by atoms with E-state index < -0.39 is 8.80 Å². The van der Waals surface area contributed by atoms with E-state index in [0.717, 1.165) is 5.69 Å². The van der Waals surface area contributed by atoms with E-state index in [2.05, 4.69) is 30.2 Å². The number of aromatic nitrogens is 1. The summed E-state index contributed by atoms with van der Waals surface area (Å²) in [5.74, 6) is 0. The van der Waals surface area contributed by atoms with Crippen LogP contribution in [0.4, 0.5) is 0 Å². The zero-order chi connectivity index (χ0) is 7.56. The molecule has 0 unspecified atom stereocenters. The molecule has 1 heterocycles. The number of rotatable bonds is 1. The first-order valence-electron chi connectivity index (χ1n) is 3.63. The molecule has 0 aliphatic heterocycles. The van der Waals surface area contributed by atoms with Gasteiger partial charge in [0, 0.05) is 11.0 Å². The highest BCUT2D eigenvalue weighted by molar-refractivity contribution is 6.69. The van der Waals surface area contributed by atoms with Crippen molar-refractivity contribution in [1.82, 2.24) is 4.98 Å². The van der Waals surface area contributed by atoms with E-state index in [9.17, 15) is 0 Å². The lowest BCUT2D eigenvalue weighted by molar-refractivity contribution is 1.23. The molecular weight excluding hydrogens is 138 g/mol. The molecule has 0 aliphatic rings. The SMILES string of the molecule is Cc1cccc([SiH](C)C)n1. The van der Waals surface area contributed by atoms with Gasteiger partial charge in [0.05, 0.1) is 8.80 Å². The summed E-state index contributed by atoms with van der Waals surface area (Å²) in [5, 5.41) is 1.32. The maximum absolute atomic E-state index is 4.43. The third-order valence-corrected chi connectivity index (χ3v) is 3.01. The summed E-state index contributed by atoms with van der Waals surface area (Å²) in [4.78, 5) is 4.43. The molecular formula is C8H13NSi. The summed E-state index contributed by atoms with van der Waals surface area (Å²) in [7, 11) is -0.668. The zero-order valence-electron chi connectivity index (χ0n) is 6.76. The molecule has 2 heteroatoms. The van der Waals surface area contributed by atoms with Crippen LogP contribution in [-0.2, 0) is 0 Å². The van der Waals surface area contributed by atoms with Crippen LogP contribution in [0.25, 0.3) is 0 Å². The van der Waals surface area contributed by atoms with Crippen molar-refractivity contribution in [3.8, 4) is 0 Å². The molecule has 0 amide bonds. The molecule has 0 spiro atoms. The van der Waals surface area contributed by atoms with Gasteiger partial charge in [-0.25, -0.2) is 0 Å². The van der Waals surface area contributed by atoms with E-state index >= 15 is 0 Å².